The van der Waals surface area contributed by atoms with Gasteiger partial charge in [-0.25, -0.2) is 0 Å². The van der Waals surface area contributed by atoms with Crippen molar-refractivity contribution in [3.63, 3.8) is 0 Å². The molecule has 1 radical (unpaired) electrons. The van der Waals surface area contributed by atoms with E-state index in [-0.39, 0.29) is 0 Å². The van der Waals surface area contributed by atoms with Gasteiger partial charge in [-0.05, 0) is 31.4 Å². The fourth-order valence-corrected chi connectivity index (χ4v) is 3.22. The quantitative estimate of drug-likeness (QED) is 0.283. The van der Waals surface area contributed by atoms with Crippen LogP contribution in [0.25, 0.3) is 0 Å². The summed E-state index contributed by atoms with van der Waals surface area (Å²) in [5.41, 5.74) is 2.69. The first-order chi connectivity index (χ1) is 10.8. The molecular weight excluding hydrogens is 266 g/mol. The highest BCUT2D eigenvalue weighted by molar-refractivity contribution is 5.29. The summed E-state index contributed by atoms with van der Waals surface area (Å²) in [4.78, 5) is 0. The maximum Gasteiger partial charge on any atom is 0.0405 e. The highest BCUT2D eigenvalue weighted by Crippen LogP contribution is 2.19. The zero-order chi connectivity index (χ0) is 15.9. The molecular formula is C21H38N. The van der Waals surface area contributed by atoms with Crippen LogP contribution in [-0.2, 0) is 0 Å². The Morgan fingerprint density at radius 1 is 0.682 bits per heavy atom. The molecule has 0 spiro atoms. The van der Waals surface area contributed by atoms with Crippen LogP contribution < -0.4 is 5.32 Å². The van der Waals surface area contributed by atoms with Crippen LogP contribution in [0.4, 0.5) is 0 Å². The average Bonchev–Trinajstić information content (AvgIpc) is 2.93. The van der Waals surface area contributed by atoms with Gasteiger partial charge in [-0.15, -0.1) is 0 Å². The lowest BCUT2D eigenvalue weighted by Crippen LogP contribution is -1.89. The van der Waals surface area contributed by atoms with Gasteiger partial charge in [-0.2, -0.15) is 0 Å². The van der Waals surface area contributed by atoms with Crippen LogP contribution in [0.1, 0.15) is 110 Å². The van der Waals surface area contributed by atoms with Crippen LogP contribution in [0.15, 0.2) is 23.5 Å². The zero-order valence-electron chi connectivity index (χ0n) is 15.2. The number of hydrogen-bond donors (Lipinski definition) is 0. The highest BCUT2D eigenvalue weighted by atomic mass is 14.9. The number of unbranched alkanes of at least 4 members (excludes halogenated alkanes) is 13. The van der Waals surface area contributed by atoms with E-state index in [4.69, 9.17) is 0 Å². The topological polar surface area (TPSA) is 14.1 Å². The van der Waals surface area contributed by atoms with Crippen molar-refractivity contribution in [3.05, 3.63) is 23.5 Å². The van der Waals surface area contributed by atoms with E-state index in [0.29, 0.717) is 0 Å². The first kappa shape index (κ1) is 19.3. The van der Waals surface area contributed by atoms with Crippen molar-refractivity contribution in [1.29, 1.82) is 0 Å². The summed E-state index contributed by atoms with van der Waals surface area (Å²) in [6.07, 6.45) is 25.4. The van der Waals surface area contributed by atoms with Crippen molar-refractivity contribution in [2.45, 2.75) is 110 Å². The highest BCUT2D eigenvalue weighted by Gasteiger charge is 2.04. The number of hydrogen-bond acceptors (Lipinski definition) is 0. The van der Waals surface area contributed by atoms with E-state index in [2.05, 4.69) is 25.2 Å². The van der Waals surface area contributed by atoms with Gasteiger partial charge < -0.3 is 0 Å². The molecule has 1 heteroatoms. The Morgan fingerprint density at radius 3 is 1.55 bits per heavy atom. The van der Waals surface area contributed by atoms with Crippen molar-refractivity contribution >= 4 is 0 Å². The largest absolute Gasteiger partial charge is 0.261 e. The lowest BCUT2D eigenvalue weighted by atomic mass is 10.0. The zero-order valence-corrected chi connectivity index (χ0v) is 15.2. The van der Waals surface area contributed by atoms with E-state index in [1.165, 1.54) is 108 Å². The Balaban J connectivity index is 1.73. The molecule has 1 nitrogen and oxygen atoms in total. The molecule has 127 valence electrons. The second-order valence-electron chi connectivity index (χ2n) is 6.90. The monoisotopic (exact) mass is 304 g/mol. The van der Waals surface area contributed by atoms with Crippen LogP contribution in [0.2, 0.25) is 0 Å². The second kappa shape index (κ2) is 13.9. The third-order valence-electron chi connectivity index (χ3n) is 4.81. The molecule has 0 fully saturated rings. The van der Waals surface area contributed by atoms with Gasteiger partial charge in [0.15, 0.2) is 0 Å². The SMILES string of the molecule is CCCCCCCCCCCCCCCCC1=C(C)[N]C=C1. The Kier molecular flexibility index (Phi) is 12.2. The van der Waals surface area contributed by atoms with Crippen molar-refractivity contribution in [3.8, 4) is 0 Å². The number of allylic oxidation sites excluding steroid dienone is 3. The second-order valence-corrected chi connectivity index (χ2v) is 6.90. The van der Waals surface area contributed by atoms with E-state index >= 15 is 0 Å². The Bertz CT molecular complexity index is 314. The summed E-state index contributed by atoms with van der Waals surface area (Å²) in [5, 5.41) is 4.30. The summed E-state index contributed by atoms with van der Waals surface area (Å²) in [6.45, 7) is 4.42. The summed E-state index contributed by atoms with van der Waals surface area (Å²) >= 11 is 0. The van der Waals surface area contributed by atoms with Crippen molar-refractivity contribution < 1.29 is 0 Å². The molecule has 0 aliphatic carbocycles. The van der Waals surface area contributed by atoms with Crippen LogP contribution in [0.3, 0.4) is 0 Å². The Morgan fingerprint density at radius 2 is 1.14 bits per heavy atom. The minimum atomic E-state index is 1.23. The predicted molar refractivity (Wildman–Crippen MR) is 98.9 cm³/mol. The molecule has 1 aliphatic rings. The third kappa shape index (κ3) is 10.1. The maximum atomic E-state index is 4.30. The summed E-state index contributed by atoms with van der Waals surface area (Å²) in [7, 11) is 0. The van der Waals surface area contributed by atoms with E-state index in [1.54, 1.807) is 0 Å². The molecule has 0 amide bonds. The molecule has 0 saturated carbocycles. The smallest absolute Gasteiger partial charge is 0.0405 e. The van der Waals surface area contributed by atoms with Crippen molar-refractivity contribution in [2.24, 2.45) is 0 Å². The lowest BCUT2D eigenvalue weighted by Gasteiger charge is -2.04. The van der Waals surface area contributed by atoms with E-state index in [0.717, 1.165) is 0 Å². The van der Waals surface area contributed by atoms with E-state index in [1.807, 2.05) is 6.20 Å². The molecule has 0 unspecified atom stereocenters. The summed E-state index contributed by atoms with van der Waals surface area (Å²) in [6, 6.07) is 0. The molecule has 0 aromatic rings. The molecule has 0 aromatic heterocycles. The van der Waals surface area contributed by atoms with Gasteiger partial charge in [0.05, 0.1) is 0 Å². The minimum Gasteiger partial charge on any atom is -0.261 e. The van der Waals surface area contributed by atoms with Crippen LogP contribution in [0, 0.1) is 0 Å². The van der Waals surface area contributed by atoms with E-state index < -0.39 is 0 Å². The summed E-state index contributed by atoms with van der Waals surface area (Å²) in [5.74, 6) is 0. The first-order valence-electron chi connectivity index (χ1n) is 9.91. The van der Waals surface area contributed by atoms with Gasteiger partial charge in [0.25, 0.3) is 0 Å². The molecule has 1 rings (SSSR count). The molecule has 1 heterocycles. The third-order valence-corrected chi connectivity index (χ3v) is 4.81. The molecule has 22 heavy (non-hydrogen) atoms. The number of nitrogens with zero attached hydrogens (tertiary/aromatic N) is 1. The average molecular weight is 305 g/mol. The van der Waals surface area contributed by atoms with Crippen molar-refractivity contribution in [1.82, 2.24) is 5.32 Å². The minimum absolute atomic E-state index is 1.23. The van der Waals surface area contributed by atoms with Crippen LogP contribution >= 0.6 is 0 Å². The standard InChI is InChI=1S/C21H38N/c1-3-4-5-6-7-8-9-10-11-12-13-14-15-16-17-21-18-19-22-20(21)2/h18-19H,3-17H2,1-2H3. The van der Waals surface area contributed by atoms with Gasteiger partial charge in [0, 0.05) is 11.9 Å². The fraction of sp³-hybridized carbons (Fsp3) is 0.810. The summed E-state index contributed by atoms with van der Waals surface area (Å²) < 4.78 is 0. The predicted octanol–water partition coefficient (Wildman–Crippen LogP) is 7.26. The van der Waals surface area contributed by atoms with Crippen molar-refractivity contribution in [2.75, 3.05) is 0 Å². The lowest BCUT2D eigenvalue weighted by molar-refractivity contribution is 0.535. The maximum absolute atomic E-state index is 4.30. The van der Waals surface area contributed by atoms with Crippen LogP contribution in [-0.4, -0.2) is 0 Å². The van der Waals surface area contributed by atoms with Crippen LogP contribution in [0.5, 0.6) is 0 Å². The van der Waals surface area contributed by atoms with E-state index in [9.17, 15) is 0 Å². The van der Waals surface area contributed by atoms with Gasteiger partial charge in [-0.3, -0.25) is 5.32 Å². The molecule has 0 N–H and O–H groups in total. The van der Waals surface area contributed by atoms with Gasteiger partial charge in [0.2, 0.25) is 0 Å². The molecule has 0 saturated heterocycles. The first-order valence-corrected chi connectivity index (χ1v) is 9.91. The fourth-order valence-electron chi connectivity index (χ4n) is 3.22. The van der Waals surface area contributed by atoms with Gasteiger partial charge in [-0.1, -0.05) is 90.4 Å². The molecule has 1 aliphatic heterocycles. The van der Waals surface area contributed by atoms with Gasteiger partial charge in [0.1, 0.15) is 0 Å². The normalized spacial score (nSPS) is 13.9. The molecule has 0 atom stereocenters. The Hall–Kier alpha value is -0.720. The molecule has 0 aromatic carbocycles. The van der Waals surface area contributed by atoms with Gasteiger partial charge >= 0.3 is 0 Å². The number of rotatable bonds is 15. The molecule has 0 bridgehead atoms. The Labute approximate surface area is 139 Å².